The number of amides is 3. The van der Waals surface area contributed by atoms with E-state index in [2.05, 4.69) is 16.0 Å². The molecule has 1 heterocycles. The molecule has 1 saturated heterocycles. The Bertz CT molecular complexity index is 1730. The minimum Gasteiger partial charge on any atom is -0.397 e. The van der Waals surface area contributed by atoms with Crippen LogP contribution in [0.25, 0.3) is 0 Å². The van der Waals surface area contributed by atoms with Crippen LogP contribution in [0.4, 0.5) is 22.7 Å². The lowest BCUT2D eigenvalue weighted by Gasteiger charge is -2.36. The zero-order valence-electron chi connectivity index (χ0n) is 28.1. The number of hydrogen-bond acceptors (Lipinski definition) is 8. The highest BCUT2D eigenvalue weighted by atomic mass is 32.2. The van der Waals surface area contributed by atoms with Crippen LogP contribution in [0.5, 0.6) is 0 Å². The van der Waals surface area contributed by atoms with Crippen LogP contribution in [0.2, 0.25) is 0 Å². The molecule has 3 amide bonds. The molecule has 4 aromatic carbocycles. The highest BCUT2D eigenvalue weighted by Gasteiger charge is 2.32. The van der Waals surface area contributed by atoms with E-state index in [0.717, 1.165) is 33.7 Å². The van der Waals surface area contributed by atoms with E-state index in [0.29, 0.717) is 54.9 Å². The number of carbonyl (C=O) groups excluding carboxylic acids is 3. The summed E-state index contributed by atoms with van der Waals surface area (Å²) in [5.41, 5.74) is 11.0. The molecule has 0 bridgehead atoms. The normalized spacial score (nSPS) is 17.1. The molecular formula is C39H44N4O6S. The van der Waals surface area contributed by atoms with Crippen LogP contribution in [0.3, 0.4) is 0 Å². The smallest absolute Gasteiger partial charge is 0.224 e. The molecule has 1 aliphatic rings. The SMILES string of the molecule is CC(=O)Nc1ccc(SCC2CC(c3ccc(CO)cc3)OC(c3cccc(NC(=O)CCCCCC(=O)Nc4ccccc4N)c3)O2)cc1. The summed E-state index contributed by atoms with van der Waals surface area (Å²) in [5, 5.41) is 18.1. The number of anilines is 4. The van der Waals surface area contributed by atoms with Crippen molar-refractivity contribution in [3.63, 3.8) is 0 Å². The molecule has 1 fully saturated rings. The molecule has 6 N–H and O–H groups in total. The standard InChI is InChI=1S/C39H44N4O6S/c1-26(45)41-30-18-20-33(21-19-30)50-25-32-23-36(28-16-14-27(24-44)15-17-28)49-39(48-32)29-8-7-9-31(22-29)42-37(46)12-3-2-4-13-38(47)43-35-11-6-5-10-34(35)40/h5-11,14-22,32,36,39,44H,2-4,12-13,23-25,40H2,1H3,(H,41,45)(H,42,46)(H,43,47). The summed E-state index contributed by atoms with van der Waals surface area (Å²) in [6, 6.07) is 30.1. The van der Waals surface area contributed by atoms with Gasteiger partial charge >= 0.3 is 0 Å². The number of aliphatic hydroxyl groups is 1. The number of nitrogen functional groups attached to an aromatic ring is 1. The highest BCUT2D eigenvalue weighted by Crippen LogP contribution is 2.40. The molecule has 0 saturated carbocycles. The van der Waals surface area contributed by atoms with Crippen molar-refractivity contribution in [2.75, 3.05) is 27.4 Å². The molecule has 0 aliphatic carbocycles. The van der Waals surface area contributed by atoms with Crippen LogP contribution >= 0.6 is 11.8 Å². The Kier molecular flexibility index (Phi) is 13.4. The number of benzene rings is 4. The van der Waals surface area contributed by atoms with Crippen LogP contribution in [-0.4, -0.2) is 34.7 Å². The van der Waals surface area contributed by atoms with Crippen molar-refractivity contribution in [2.45, 2.75) is 75.4 Å². The van der Waals surface area contributed by atoms with Gasteiger partial charge < -0.3 is 36.3 Å². The Hall–Kier alpha value is -4.68. The average molecular weight is 697 g/mol. The molecule has 50 heavy (non-hydrogen) atoms. The topological polar surface area (TPSA) is 152 Å². The Labute approximate surface area is 297 Å². The van der Waals surface area contributed by atoms with Gasteiger partial charge in [0, 0.05) is 53.8 Å². The quantitative estimate of drug-likeness (QED) is 0.0485. The van der Waals surface area contributed by atoms with Crippen molar-refractivity contribution >= 4 is 52.2 Å². The molecule has 0 aromatic heterocycles. The zero-order valence-corrected chi connectivity index (χ0v) is 28.9. The van der Waals surface area contributed by atoms with Crippen molar-refractivity contribution in [1.82, 2.24) is 0 Å². The van der Waals surface area contributed by atoms with Crippen molar-refractivity contribution < 1.29 is 29.0 Å². The second-order valence-electron chi connectivity index (χ2n) is 12.2. The Balaban J connectivity index is 1.15. The third-order valence-electron chi connectivity index (χ3n) is 8.21. The van der Waals surface area contributed by atoms with Gasteiger partial charge in [0.25, 0.3) is 0 Å². The van der Waals surface area contributed by atoms with Crippen molar-refractivity contribution in [1.29, 1.82) is 0 Å². The lowest BCUT2D eigenvalue weighted by Crippen LogP contribution is -2.31. The fourth-order valence-electron chi connectivity index (χ4n) is 5.61. The van der Waals surface area contributed by atoms with E-state index in [1.165, 1.54) is 6.92 Å². The lowest BCUT2D eigenvalue weighted by atomic mass is 10.0. The second kappa shape index (κ2) is 18.4. The summed E-state index contributed by atoms with van der Waals surface area (Å²) in [6.45, 7) is 1.45. The van der Waals surface area contributed by atoms with Gasteiger partial charge in [-0.25, -0.2) is 0 Å². The van der Waals surface area contributed by atoms with Crippen LogP contribution in [0.15, 0.2) is 102 Å². The summed E-state index contributed by atoms with van der Waals surface area (Å²) >= 11 is 1.67. The Morgan fingerprint density at radius 2 is 1.50 bits per heavy atom. The third kappa shape index (κ3) is 11.2. The first-order chi connectivity index (χ1) is 24.2. The predicted octanol–water partition coefficient (Wildman–Crippen LogP) is 7.58. The molecule has 5 rings (SSSR count). The monoisotopic (exact) mass is 696 g/mol. The first-order valence-corrected chi connectivity index (χ1v) is 17.8. The van der Waals surface area contributed by atoms with E-state index in [1.54, 1.807) is 23.9 Å². The maximum atomic E-state index is 12.8. The summed E-state index contributed by atoms with van der Waals surface area (Å²) in [6.07, 6.45) is 2.38. The van der Waals surface area contributed by atoms with Gasteiger partial charge in [0.15, 0.2) is 6.29 Å². The van der Waals surface area contributed by atoms with Crippen molar-refractivity contribution in [3.8, 4) is 0 Å². The van der Waals surface area contributed by atoms with E-state index < -0.39 is 6.29 Å². The number of ether oxygens (including phenoxy) is 2. The summed E-state index contributed by atoms with van der Waals surface area (Å²) in [4.78, 5) is 37.5. The molecule has 3 atom stereocenters. The van der Waals surface area contributed by atoms with Gasteiger partial charge in [-0.2, -0.15) is 0 Å². The Morgan fingerprint density at radius 1 is 0.780 bits per heavy atom. The van der Waals surface area contributed by atoms with Crippen LogP contribution in [0, 0.1) is 0 Å². The summed E-state index contributed by atoms with van der Waals surface area (Å²) in [5.74, 6) is 0.370. The van der Waals surface area contributed by atoms with E-state index >= 15 is 0 Å². The number of para-hydroxylation sites is 2. The van der Waals surface area contributed by atoms with Gasteiger partial charge in [0.1, 0.15) is 0 Å². The van der Waals surface area contributed by atoms with Gasteiger partial charge in [-0.1, -0.05) is 55.0 Å². The number of nitrogens with one attached hydrogen (secondary N) is 3. The van der Waals surface area contributed by atoms with E-state index in [1.807, 2.05) is 84.9 Å². The van der Waals surface area contributed by atoms with Gasteiger partial charge in [0.2, 0.25) is 17.7 Å². The molecule has 11 heteroatoms. The lowest BCUT2D eigenvalue weighted by molar-refractivity contribution is -0.245. The second-order valence-corrected chi connectivity index (χ2v) is 13.3. The highest BCUT2D eigenvalue weighted by molar-refractivity contribution is 7.99. The maximum Gasteiger partial charge on any atom is 0.224 e. The van der Waals surface area contributed by atoms with Crippen molar-refractivity contribution in [2.24, 2.45) is 0 Å². The molecule has 0 radical (unpaired) electrons. The zero-order chi connectivity index (χ0) is 35.3. The Morgan fingerprint density at radius 3 is 2.20 bits per heavy atom. The minimum atomic E-state index is -0.659. The number of unbranched alkanes of at least 4 members (excludes halogenated alkanes) is 2. The van der Waals surface area contributed by atoms with Crippen LogP contribution in [0.1, 0.15) is 74.5 Å². The number of rotatable bonds is 15. The molecule has 10 nitrogen and oxygen atoms in total. The predicted molar refractivity (Wildman–Crippen MR) is 198 cm³/mol. The number of carbonyl (C=O) groups is 3. The summed E-state index contributed by atoms with van der Waals surface area (Å²) in [7, 11) is 0. The first kappa shape index (κ1) is 36.6. The minimum absolute atomic E-state index is 0.0299. The number of thioether (sulfide) groups is 1. The molecule has 1 aliphatic heterocycles. The largest absolute Gasteiger partial charge is 0.397 e. The molecule has 4 aromatic rings. The molecular weight excluding hydrogens is 653 g/mol. The van der Waals surface area contributed by atoms with Crippen LogP contribution < -0.4 is 21.7 Å². The molecule has 0 spiro atoms. The van der Waals surface area contributed by atoms with Gasteiger partial charge in [-0.3, -0.25) is 14.4 Å². The van der Waals surface area contributed by atoms with Crippen molar-refractivity contribution in [3.05, 3.63) is 114 Å². The van der Waals surface area contributed by atoms with E-state index in [4.69, 9.17) is 15.2 Å². The number of nitrogens with two attached hydrogens (primary N) is 1. The van der Waals surface area contributed by atoms with Crippen LogP contribution in [-0.2, 0) is 30.5 Å². The first-order valence-electron chi connectivity index (χ1n) is 16.8. The number of aliphatic hydroxyl groups excluding tert-OH is 1. The van der Waals surface area contributed by atoms with Gasteiger partial charge in [-0.05, 0) is 72.5 Å². The molecule has 262 valence electrons. The third-order valence-corrected chi connectivity index (χ3v) is 9.35. The van der Waals surface area contributed by atoms with Gasteiger partial charge in [-0.15, -0.1) is 11.8 Å². The summed E-state index contributed by atoms with van der Waals surface area (Å²) < 4.78 is 13.0. The fraction of sp³-hybridized carbons (Fsp3) is 0.308. The fourth-order valence-corrected chi connectivity index (χ4v) is 6.53. The number of hydrogen-bond donors (Lipinski definition) is 5. The van der Waals surface area contributed by atoms with E-state index in [-0.39, 0.29) is 36.5 Å². The van der Waals surface area contributed by atoms with Gasteiger partial charge in [0.05, 0.1) is 30.2 Å². The molecule has 3 unspecified atom stereocenters. The maximum absolute atomic E-state index is 12.8. The average Bonchev–Trinajstić information content (AvgIpc) is 3.12. The van der Waals surface area contributed by atoms with E-state index in [9.17, 15) is 19.5 Å².